The molecule has 0 saturated heterocycles. The van der Waals surface area contributed by atoms with E-state index in [1.54, 1.807) is 36.4 Å². The standard InChI is InChI=1S/C18H15N3O3/c1-12(14-8-6-13(10-19)7-9-14)20-21-18(22)17-11-23-15-4-2-3-5-16(15)24-17/h2-9,17,20H,1,11H2,(H,21,22)/t17-/m0/s1. The Balaban J connectivity index is 1.56. The van der Waals surface area contributed by atoms with E-state index in [1.807, 2.05) is 18.2 Å². The zero-order valence-electron chi connectivity index (χ0n) is 12.8. The van der Waals surface area contributed by atoms with Crippen LogP contribution in [0.2, 0.25) is 0 Å². The average Bonchev–Trinajstić information content (AvgIpc) is 2.65. The van der Waals surface area contributed by atoms with Gasteiger partial charge in [-0.05, 0) is 29.8 Å². The van der Waals surface area contributed by atoms with Crippen molar-refractivity contribution in [3.63, 3.8) is 0 Å². The van der Waals surface area contributed by atoms with E-state index in [0.717, 1.165) is 5.56 Å². The van der Waals surface area contributed by atoms with Crippen molar-refractivity contribution in [2.75, 3.05) is 6.61 Å². The van der Waals surface area contributed by atoms with Crippen LogP contribution in [0.5, 0.6) is 11.5 Å². The molecular formula is C18H15N3O3. The number of hydrazine groups is 1. The summed E-state index contributed by atoms with van der Waals surface area (Å²) in [6.07, 6.45) is -0.749. The predicted octanol–water partition coefficient (Wildman–Crippen LogP) is 1.99. The highest BCUT2D eigenvalue weighted by Crippen LogP contribution is 2.30. The van der Waals surface area contributed by atoms with Crippen LogP contribution in [0, 0.1) is 11.3 Å². The normalized spacial score (nSPS) is 15.0. The molecule has 1 amide bonds. The summed E-state index contributed by atoms with van der Waals surface area (Å²) in [7, 11) is 0. The molecule has 3 rings (SSSR count). The number of nitrogens with zero attached hydrogens (tertiary/aromatic N) is 1. The van der Waals surface area contributed by atoms with Crippen LogP contribution in [0.4, 0.5) is 0 Å². The van der Waals surface area contributed by atoms with Crippen molar-refractivity contribution in [2.45, 2.75) is 6.10 Å². The Hall–Kier alpha value is -3.46. The van der Waals surface area contributed by atoms with Gasteiger partial charge in [-0.2, -0.15) is 5.26 Å². The molecule has 0 aliphatic carbocycles. The third kappa shape index (κ3) is 3.31. The quantitative estimate of drug-likeness (QED) is 0.842. The van der Waals surface area contributed by atoms with Gasteiger partial charge in [0.15, 0.2) is 11.5 Å². The van der Waals surface area contributed by atoms with E-state index in [4.69, 9.17) is 14.7 Å². The first-order valence-electron chi connectivity index (χ1n) is 7.31. The molecule has 0 radical (unpaired) electrons. The summed E-state index contributed by atoms with van der Waals surface area (Å²) in [6.45, 7) is 3.99. The zero-order chi connectivity index (χ0) is 16.9. The molecule has 0 unspecified atom stereocenters. The number of hydrogen-bond donors (Lipinski definition) is 2. The van der Waals surface area contributed by atoms with Gasteiger partial charge in [0.1, 0.15) is 6.61 Å². The number of carbonyl (C=O) groups excluding carboxylic acids is 1. The molecule has 24 heavy (non-hydrogen) atoms. The van der Waals surface area contributed by atoms with E-state index in [-0.39, 0.29) is 12.5 Å². The van der Waals surface area contributed by atoms with Gasteiger partial charge in [0.25, 0.3) is 5.91 Å². The van der Waals surface area contributed by atoms with Crippen molar-refractivity contribution >= 4 is 11.6 Å². The van der Waals surface area contributed by atoms with E-state index < -0.39 is 6.10 Å². The maximum absolute atomic E-state index is 12.2. The molecular weight excluding hydrogens is 306 g/mol. The lowest BCUT2D eigenvalue weighted by Crippen LogP contribution is -2.48. The lowest BCUT2D eigenvalue weighted by molar-refractivity contribution is -0.131. The molecule has 0 aromatic heterocycles. The minimum absolute atomic E-state index is 0.133. The molecule has 1 aliphatic rings. The van der Waals surface area contributed by atoms with Crippen LogP contribution < -0.4 is 20.3 Å². The molecule has 1 aliphatic heterocycles. The van der Waals surface area contributed by atoms with Gasteiger partial charge in [0, 0.05) is 0 Å². The molecule has 6 nitrogen and oxygen atoms in total. The number of nitrogens with one attached hydrogen (secondary N) is 2. The number of para-hydroxylation sites is 2. The Labute approximate surface area is 139 Å². The first-order valence-corrected chi connectivity index (χ1v) is 7.31. The first kappa shape index (κ1) is 15.4. The minimum atomic E-state index is -0.749. The van der Waals surface area contributed by atoms with Crippen molar-refractivity contribution in [3.8, 4) is 17.6 Å². The number of carbonyl (C=O) groups is 1. The highest BCUT2D eigenvalue weighted by molar-refractivity contribution is 5.82. The third-order valence-electron chi connectivity index (χ3n) is 3.50. The molecule has 0 fully saturated rings. The van der Waals surface area contributed by atoms with Gasteiger partial charge in [0.2, 0.25) is 6.10 Å². The zero-order valence-corrected chi connectivity index (χ0v) is 12.8. The van der Waals surface area contributed by atoms with E-state index in [9.17, 15) is 4.79 Å². The summed E-state index contributed by atoms with van der Waals surface area (Å²) in [5, 5.41) is 8.79. The van der Waals surface area contributed by atoms with E-state index in [0.29, 0.717) is 22.8 Å². The Morgan fingerprint density at radius 1 is 1.12 bits per heavy atom. The predicted molar refractivity (Wildman–Crippen MR) is 87.8 cm³/mol. The topological polar surface area (TPSA) is 83.4 Å². The second-order valence-corrected chi connectivity index (χ2v) is 5.15. The first-order chi connectivity index (χ1) is 11.7. The lowest BCUT2D eigenvalue weighted by atomic mass is 10.1. The van der Waals surface area contributed by atoms with Crippen LogP contribution in [-0.4, -0.2) is 18.6 Å². The molecule has 120 valence electrons. The van der Waals surface area contributed by atoms with Gasteiger partial charge in [-0.25, -0.2) is 0 Å². The molecule has 0 spiro atoms. The highest BCUT2D eigenvalue weighted by atomic mass is 16.6. The summed E-state index contributed by atoms with van der Waals surface area (Å²) in [5.41, 5.74) is 7.12. The van der Waals surface area contributed by atoms with Gasteiger partial charge in [0.05, 0.1) is 17.3 Å². The van der Waals surface area contributed by atoms with Gasteiger partial charge < -0.3 is 9.47 Å². The van der Waals surface area contributed by atoms with Crippen molar-refractivity contribution in [3.05, 3.63) is 66.2 Å². The van der Waals surface area contributed by atoms with Crippen LogP contribution in [0.15, 0.2) is 55.1 Å². The summed E-state index contributed by atoms with van der Waals surface area (Å²) in [4.78, 5) is 12.2. The second-order valence-electron chi connectivity index (χ2n) is 5.15. The Kier molecular flexibility index (Phi) is 4.34. The number of nitriles is 1. The molecule has 6 heteroatoms. The Morgan fingerprint density at radius 3 is 2.54 bits per heavy atom. The summed E-state index contributed by atoms with van der Waals surface area (Å²) in [5.74, 6) is 0.797. The van der Waals surface area contributed by atoms with Crippen LogP contribution in [0.3, 0.4) is 0 Å². The minimum Gasteiger partial charge on any atom is -0.485 e. The SMILES string of the molecule is C=C(NNC(=O)[C@@H]1COc2ccccc2O1)c1ccc(C#N)cc1. The number of benzene rings is 2. The van der Waals surface area contributed by atoms with Crippen molar-refractivity contribution in [1.29, 1.82) is 5.26 Å². The molecule has 2 aromatic carbocycles. The van der Waals surface area contributed by atoms with Gasteiger partial charge in [-0.15, -0.1) is 0 Å². The maximum Gasteiger partial charge on any atom is 0.282 e. The number of fused-ring (bicyclic) bond motifs is 1. The fraction of sp³-hybridized carbons (Fsp3) is 0.111. The van der Waals surface area contributed by atoms with Crippen LogP contribution in [0.1, 0.15) is 11.1 Å². The van der Waals surface area contributed by atoms with Crippen molar-refractivity contribution in [2.24, 2.45) is 0 Å². The lowest BCUT2D eigenvalue weighted by Gasteiger charge is -2.25. The van der Waals surface area contributed by atoms with Crippen LogP contribution >= 0.6 is 0 Å². The van der Waals surface area contributed by atoms with E-state index in [1.165, 1.54) is 0 Å². The van der Waals surface area contributed by atoms with E-state index >= 15 is 0 Å². The summed E-state index contributed by atoms with van der Waals surface area (Å²) < 4.78 is 11.1. The molecule has 1 atom stereocenters. The van der Waals surface area contributed by atoms with Gasteiger partial charge in [-0.1, -0.05) is 30.8 Å². The molecule has 2 N–H and O–H groups in total. The fourth-order valence-electron chi connectivity index (χ4n) is 2.18. The fourth-order valence-corrected chi connectivity index (χ4v) is 2.18. The molecule has 2 aromatic rings. The Bertz CT molecular complexity index is 809. The third-order valence-corrected chi connectivity index (χ3v) is 3.50. The van der Waals surface area contributed by atoms with Gasteiger partial charge >= 0.3 is 0 Å². The Morgan fingerprint density at radius 2 is 1.83 bits per heavy atom. The summed E-state index contributed by atoms with van der Waals surface area (Å²) >= 11 is 0. The number of ether oxygens (including phenoxy) is 2. The largest absolute Gasteiger partial charge is 0.485 e. The summed E-state index contributed by atoms with van der Waals surface area (Å²) in [6, 6.07) is 16.1. The number of hydrogen-bond acceptors (Lipinski definition) is 5. The molecule has 1 heterocycles. The maximum atomic E-state index is 12.2. The number of amides is 1. The van der Waals surface area contributed by atoms with Gasteiger partial charge in [-0.3, -0.25) is 15.6 Å². The number of rotatable bonds is 4. The van der Waals surface area contributed by atoms with Crippen molar-refractivity contribution < 1.29 is 14.3 Å². The van der Waals surface area contributed by atoms with E-state index in [2.05, 4.69) is 17.4 Å². The average molecular weight is 321 g/mol. The molecule has 0 saturated carbocycles. The van der Waals surface area contributed by atoms with Crippen LogP contribution in [-0.2, 0) is 4.79 Å². The highest BCUT2D eigenvalue weighted by Gasteiger charge is 2.27. The molecule has 0 bridgehead atoms. The monoisotopic (exact) mass is 321 g/mol. The van der Waals surface area contributed by atoms with Crippen LogP contribution in [0.25, 0.3) is 5.70 Å². The van der Waals surface area contributed by atoms with Crippen molar-refractivity contribution in [1.82, 2.24) is 10.9 Å². The smallest absolute Gasteiger partial charge is 0.282 e. The second kappa shape index (κ2) is 6.75.